The normalized spacial score (nSPS) is 47.1. The van der Waals surface area contributed by atoms with E-state index in [1.807, 2.05) is 0 Å². The minimum Gasteiger partial charge on any atom is -0.392 e. The average molecular weight is 141 g/mol. The number of rotatable bonds is 0. The molecule has 2 fully saturated rings. The Morgan fingerprint density at radius 1 is 1.30 bits per heavy atom. The van der Waals surface area contributed by atoms with Crippen LogP contribution < -0.4 is 0 Å². The van der Waals surface area contributed by atoms with Gasteiger partial charge in [0.2, 0.25) is 0 Å². The largest absolute Gasteiger partial charge is 0.392 e. The van der Waals surface area contributed by atoms with Gasteiger partial charge in [-0.3, -0.25) is 0 Å². The van der Waals surface area contributed by atoms with E-state index in [9.17, 15) is 5.11 Å². The first kappa shape index (κ1) is 6.62. The van der Waals surface area contributed by atoms with Crippen molar-refractivity contribution in [2.24, 2.45) is 5.92 Å². The van der Waals surface area contributed by atoms with Crippen LogP contribution in [0.15, 0.2) is 0 Å². The predicted molar refractivity (Wildman–Crippen MR) is 39.8 cm³/mol. The Morgan fingerprint density at radius 3 is 3.00 bits per heavy atom. The molecule has 10 heavy (non-hydrogen) atoms. The number of fused-ring (bicyclic) bond motifs is 2. The van der Waals surface area contributed by atoms with Crippen LogP contribution in [-0.4, -0.2) is 35.7 Å². The van der Waals surface area contributed by atoms with Crippen molar-refractivity contribution in [1.82, 2.24) is 4.90 Å². The van der Waals surface area contributed by atoms with Crippen LogP contribution in [0.25, 0.3) is 0 Å². The highest BCUT2D eigenvalue weighted by molar-refractivity contribution is 4.82. The summed E-state index contributed by atoms with van der Waals surface area (Å²) in [5.74, 6) is 0.803. The first-order chi connectivity index (χ1) is 4.84. The molecule has 0 aromatic rings. The van der Waals surface area contributed by atoms with Gasteiger partial charge in [-0.2, -0.15) is 0 Å². The van der Waals surface area contributed by atoms with Crippen LogP contribution in [-0.2, 0) is 0 Å². The Bertz CT molecular complexity index is 110. The van der Waals surface area contributed by atoms with Crippen LogP contribution >= 0.6 is 0 Å². The fourth-order valence-corrected chi connectivity index (χ4v) is 2.27. The minimum atomic E-state index is -0.0287. The second-order valence-corrected chi connectivity index (χ2v) is 3.66. The van der Waals surface area contributed by atoms with Crippen molar-refractivity contribution in [2.75, 3.05) is 19.6 Å². The third-order valence-electron chi connectivity index (χ3n) is 2.68. The topological polar surface area (TPSA) is 23.5 Å². The van der Waals surface area contributed by atoms with Crippen LogP contribution in [0, 0.1) is 5.92 Å². The van der Waals surface area contributed by atoms with Gasteiger partial charge in [-0.05, 0) is 31.7 Å². The quantitative estimate of drug-likeness (QED) is 0.530. The molecule has 58 valence electrons. The van der Waals surface area contributed by atoms with Gasteiger partial charge in [0, 0.05) is 13.1 Å². The van der Waals surface area contributed by atoms with Gasteiger partial charge in [0.05, 0.1) is 6.10 Å². The maximum absolute atomic E-state index is 9.37. The van der Waals surface area contributed by atoms with Gasteiger partial charge >= 0.3 is 0 Å². The molecule has 2 saturated heterocycles. The molecule has 2 heterocycles. The minimum absolute atomic E-state index is 0.0287. The molecule has 0 aromatic heterocycles. The maximum atomic E-state index is 9.37. The van der Waals surface area contributed by atoms with Crippen LogP contribution in [0.3, 0.4) is 0 Å². The molecule has 0 amide bonds. The molecule has 1 N–H and O–H groups in total. The monoisotopic (exact) mass is 141 g/mol. The van der Waals surface area contributed by atoms with E-state index in [4.69, 9.17) is 0 Å². The Labute approximate surface area is 61.8 Å². The summed E-state index contributed by atoms with van der Waals surface area (Å²) in [5, 5.41) is 9.37. The highest BCUT2D eigenvalue weighted by Gasteiger charge is 2.28. The summed E-state index contributed by atoms with van der Waals surface area (Å²) in [7, 11) is 0. The molecule has 2 bridgehead atoms. The Balaban J connectivity index is 1.98. The van der Waals surface area contributed by atoms with E-state index in [2.05, 4.69) is 4.90 Å². The van der Waals surface area contributed by atoms with Gasteiger partial charge in [-0.1, -0.05) is 0 Å². The molecule has 0 aliphatic carbocycles. The third kappa shape index (κ3) is 1.18. The summed E-state index contributed by atoms with van der Waals surface area (Å²) in [6.07, 6.45) is 3.71. The van der Waals surface area contributed by atoms with Gasteiger partial charge in [0.15, 0.2) is 0 Å². The molecule has 2 nitrogen and oxygen atoms in total. The van der Waals surface area contributed by atoms with Gasteiger partial charge < -0.3 is 10.0 Å². The van der Waals surface area contributed by atoms with Crippen molar-refractivity contribution in [3.05, 3.63) is 0 Å². The fraction of sp³-hybridized carbons (Fsp3) is 1.00. The number of aliphatic hydroxyl groups excluding tert-OH is 1. The standard InChI is InChI=1S/C8H15NO/c10-8-4-7-2-1-3-9(5-7)6-8/h7-8,10H,1-6H2/t7-,8+/m1/s1. The molecule has 2 heteroatoms. The maximum Gasteiger partial charge on any atom is 0.0670 e. The SMILES string of the molecule is O[C@H]1C[C@H]2CCCN(C1)C2. The van der Waals surface area contributed by atoms with Gasteiger partial charge in [0.1, 0.15) is 0 Å². The molecule has 1 unspecified atom stereocenters. The summed E-state index contributed by atoms with van der Waals surface area (Å²) in [5.41, 5.74) is 0. The van der Waals surface area contributed by atoms with Crippen LogP contribution in [0.5, 0.6) is 0 Å². The van der Waals surface area contributed by atoms with Crippen LogP contribution in [0.2, 0.25) is 0 Å². The molecule has 2 aliphatic heterocycles. The van der Waals surface area contributed by atoms with E-state index in [0.717, 1.165) is 18.9 Å². The van der Waals surface area contributed by atoms with Crippen molar-refractivity contribution in [3.63, 3.8) is 0 Å². The molecule has 0 spiro atoms. The van der Waals surface area contributed by atoms with Crippen LogP contribution in [0.4, 0.5) is 0 Å². The average Bonchev–Trinajstić information content (AvgIpc) is 1.85. The van der Waals surface area contributed by atoms with Crippen molar-refractivity contribution in [1.29, 1.82) is 0 Å². The molecule has 0 saturated carbocycles. The lowest BCUT2D eigenvalue weighted by Gasteiger charge is -2.39. The number of hydrogen-bond acceptors (Lipinski definition) is 2. The molecule has 0 aromatic carbocycles. The lowest BCUT2D eigenvalue weighted by Crippen LogP contribution is -2.46. The first-order valence-electron chi connectivity index (χ1n) is 4.25. The number of nitrogens with zero attached hydrogens (tertiary/aromatic N) is 1. The van der Waals surface area contributed by atoms with Crippen LogP contribution in [0.1, 0.15) is 19.3 Å². The zero-order valence-electron chi connectivity index (χ0n) is 6.29. The van der Waals surface area contributed by atoms with Crippen molar-refractivity contribution < 1.29 is 5.11 Å². The van der Waals surface area contributed by atoms with Crippen molar-refractivity contribution >= 4 is 0 Å². The third-order valence-corrected chi connectivity index (χ3v) is 2.68. The van der Waals surface area contributed by atoms with E-state index >= 15 is 0 Å². The van der Waals surface area contributed by atoms with E-state index in [1.54, 1.807) is 0 Å². The van der Waals surface area contributed by atoms with Crippen molar-refractivity contribution in [2.45, 2.75) is 25.4 Å². The molecular formula is C8H15NO. The number of aliphatic hydroxyl groups is 1. The van der Waals surface area contributed by atoms with Crippen molar-refractivity contribution in [3.8, 4) is 0 Å². The summed E-state index contributed by atoms with van der Waals surface area (Å²) in [6.45, 7) is 3.39. The van der Waals surface area contributed by atoms with E-state index in [1.165, 1.54) is 25.9 Å². The van der Waals surface area contributed by atoms with Gasteiger partial charge in [0.25, 0.3) is 0 Å². The smallest absolute Gasteiger partial charge is 0.0670 e. The summed E-state index contributed by atoms with van der Waals surface area (Å²) >= 11 is 0. The van der Waals surface area contributed by atoms with Gasteiger partial charge in [-0.15, -0.1) is 0 Å². The first-order valence-corrected chi connectivity index (χ1v) is 4.25. The predicted octanol–water partition coefficient (Wildman–Crippen LogP) is 0.463. The van der Waals surface area contributed by atoms with E-state index in [0.29, 0.717) is 0 Å². The summed E-state index contributed by atoms with van der Waals surface area (Å²) in [6, 6.07) is 0. The second-order valence-electron chi connectivity index (χ2n) is 3.66. The number of piperidine rings is 2. The number of hydrogen-bond donors (Lipinski definition) is 1. The summed E-state index contributed by atoms with van der Waals surface area (Å²) < 4.78 is 0. The second kappa shape index (κ2) is 2.51. The summed E-state index contributed by atoms with van der Waals surface area (Å²) in [4.78, 5) is 2.39. The molecule has 3 atom stereocenters. The zero-order chi connectivity index (χ0) is 6.97. The molecule has 0 radical (unpaired) electrons. The highest BCUT2D eigenvalue weighted by atomic mass is 16.3. The van der Waals surface area contributed by atoms with E-state index in [-0.39, 0.29) is 6.10 Å². The lowest BCUT2D eigenvalue weighted by atomic mass is 9.88. The Kier molecular flexibility index (Phi) is 1.66. The zero-order valence-corrected chi connectivity index (χ0v) is 6.29. The van der Waals surface area contributed by atoms with Gasteiger partial charge in [-0.25, -0.2) is 0 Å². The Morgan fingerprint density at radius 2 is 2.20 bits per heavy atom. The Hall–Kier alpha value is -0.0800. The highest BCUT2D eigenvalue weighted by Crippen LogP contribution is 2.25. The van der Waals surface area contributed by atoms with E-state index < -0.39 is 0 Å². The molecular weight excluding hydrogens is 126 g/mol. The fourth-order valence-electron chi connectivity index (χ4n) is 2.27. The lowest BCUT2D eigenvalue weighted by molar-refractivity contribution is 0.0161. The molecule has 2 aliphatic rings. The molecule has 2 rings (SSSR count).